The average molecular weight is 168 g/mol. The van der Waals surface area contributed by atoms with Crippen LogP contribution in [0.25, 0.3) is 0 Å². The molecule has 2 nitrogen and oxygen atoms in total. The molecule has 0 unspecified atom stereocenters. The number of rotatable bonds is 3. The van der Waals surface area contributed by atoms with Crippen molar-refractivity contribution in [2.45, 2.75) is 32.2 Å². The quantitative estimate of drug-likeness (QED) is 0.678. The van der Waals surface area contributed by atoms with Gasteiger partial charge in [-0.15, -0.1) is 0 Å². The Kier molecular flexibility index (Phi) is 2.66. The fourth-order valence-corrected chi connectivity index (χ4v) is 2.58. The second kappa shape index (κ2) is 3.75. The first-order chi connectivity index (χ1) is 5.92. The van der Waals surface area contributed by atoms with Crippen LogP contribution in [0.15, 0.2) is 0 Å². The van der Waals surface area contributed by atoms with Crippen molar-refractivity contribution >= 4 is 0 Å². The lowest BCUT2D eigenvalue weighted by Gasteiger charge is -2.22. The van der Waals surface area contributed by atoms with Crippen molar-refractivity contribution in [1.82, 2.24) is 10.2 Å². The maximum atomic E-state index is 3.49. The van der Waals surface area contributed by atoms with Crippen molar-refractivity contribution in [2.24, 2.45) is 5.92 Å². The summed E-state index contributed by atoms with van der Waals surface area (Å²) in [5.41, 5.74) is 0. The molecule has 0 bridgehead atoms. The van der Waals surface area contributed by atoms with Crippen LogP contribution >= 0.6 is 0 Å². The third kappa shape index (κ3) is 1.50. The van der Waals surface area contributed by atoms with Crippen LogP contribution in [-0.2, 0) is 0 Å². The van der Waals surface area contributed by atoms with Crippen molar-refractivity contribution in [3.8, 4) is 0 Å². The van der Waals surface area contributed by atoms with Crippen LogP contribution in [0.1, 0.15) is 26.2 Å². The summed E-state index contributed by atoms with van der Waals surface area (Å²) in [6.45, 7) is 7.48. The van der Waals surface area contributed by atoms with Crippen molar-refractivity contribution in [3.05, 3.63) is 0 Å². The molecular weight excluding hydrogens is 148 g/mol. The first-order valence-corrected chi connectivity index (χ1v) is 5.36. The first-order valence-electron chi connectivity index (χ1n) is 5.36. The monoisotopic (exact) mass is 168 g/mol. The summed E-state index contributed by atoms with van der Waals surface area (Å²) in [6, 6.07) is 0.886. The van der Waals surface area contributed by atoms with E-state index in [9.17, 15) is 0 Å². The molecule has 12 heavy (non-hydrogen) atoms. The highest BCUT2D eigenvalue weighted by atomic mass is 15.2. The molecule has 0 aromatic carbocycles. The van der Waals surface area contributed by atoms with Crippen LogP contribution in [0.3, 0.4) is 0 Å². The summed E-state index contributed by atoms with van der Waals surface area (Å²) in [6.07, 6.45) is 4.14. The zero-order valence-corrected chi connectivity index (χ0v) is 8.05. The Morgan fingerprint density at radius 2 is 2.33 bits per heavy atom. The minimum atomic E-state index is 0.886. The molecule has 2 heteroatoms. The molecular formula is C10H20N2. The molecule has 0 spiro atoms. The van der Waals surface area contributed by atoms with Gasteiger partial charge in [-0.25, -0.2) is 0 Å². The van der Waals surface area contributed by atoms with Gasteiger partial charge in [0.1, 0.15) is 0 Å². The normalized spacial score (nSPS) is 35.8. The van der Waals surface area contributed by atoms with Gasteiger partial charge >= 0.3 is 0 Å². The Morgan fingerprint density at radius 3 is 3.17 bits per heavy atom. The van der Waals surface area contributed by atoms with Crippen LogP contribution < -0.4 is 5.32 Å². The van der Waals surface area contributed by atoms with Crippen LogP contribution in [0, 0.1) is 5.92 Å². The zero-order chi connectivity index (χ0) is 8.39. The summed E-state index contributed by atoms with van der Waals surface area (Å²) >= 11 is 0. The van der Waals surface area contributed by atoms with E-state index in [2.05, 4.69) is 17.1 Å². The third-order valence-electron chi connectivity index (χ3n) is 3.36. The Hall–Kier alpha value is -0.0800. The molecule has 2 aliphatic rings. The molecule has 2 heterocycles. The van der Waals surface area contributed by atoms with E-state index in [0.29, 0.717) is 0 Å². The van der Waals surface area contributed by atoms with E-state index >= 15 is 0 Å². The van der Waals surface area contributed by atoms with E-state index in [1.165, 1.54) is 45.4 Å². The minimum absolute atomic E-state index is 0.886. The zero-order valence-electron chi connectivity index (χ0n) is 8.05. The van der Waals surface area contributed by atoms with E-state index < -0.39 is 0 Å². The summed E-state index contributed by atoms with van der Waals surface area (Å²) < 4.78 is 0. The van der Waals surface area contributed by atoms with Gasteiger partial charge in [0.05, 0.1) is 0 Å². The predicted molar refractivity (Wildman–Crippen MR) is 51.2 cm³/mol. The molecule has 0 aromatic heterocycles. The molecule has 2 saturated heterocycles. The first kappa shape index (κ1) is 8.52. The molecule has 2 fully saturated rings. The van der Waals surface area contributed by atoms with Gasteiger partial charge < -0.3 is 5.32 Å². The summed E-state index contributed by atoms with van der Waals surface area (Å²) in [5, 5.41) is 3.49. The van der Waals surface area contributed by atoms with Gasteiger partial charge in [-0.05, 0) is 38.4 Å². The number of hydrogen-bond acceptors (Lipinski definition) is 2. The number of unbranched alkanes of at least 4 members (excludes halogenated alkanes) is 1. The van der Waals surface area contributed by atoms with Gasteiger partial charge in [-0.3, -0.25) is 4.90 Å². The van der Waals surface area contributed by atoms with Crippen molar-refractivity contribution in [2.75, 3.05) is 26.2 Å². The van der Waals surface area contributed by atoms with Crippen LogP contribution in [-0.4, -0.2) is 37.1 Å². The van der Waals surface area contributed by atoms with Gasteiger partial charge in [0, 0.05) is 12.6 Å². The lowest BCUT2D eigenvalue weighted by Crippen LogP contribution is -2.34. The highest BCUT2D eigenvalue weighted by Gasteiger charge is 2.36. The molecule has 2 aliphatic heterocycles. The molecule has 0 radical (unpaired) electrons. The maximum absolute atomic E-state index is 3.49. The molecule has 0 saturated carbocycles. The topological polar surface area (TPSA) is 15.3 Å². The lowest BCUT2D eigenvalue weighted by atomic mass is 10.1. The molecule has 0 aromatic rings. The highest BCUT2D eigenvalue weighted by Crippen LogP contribution is 2.26. The summed E-state index contributed by atoms with van der Waals surface area (Å²) in [5.74, 6) is 0.974. The van der Waals surface area contributed by atoms with Gasteiger partial charge in [-0.2, -0.15) is 0 Å². The van der Waals surface area contributed by atoms with Crippen molar-refractivity contribution < 1.29 is 0 Å². The van der Waals surface area contributed by atoms with Crippen LogP contribution in [0.4, 0.5) is 0 Å². The predicted octanol–water partition coefficient (Wildman–Crippen LogP) is 1.08. The standard InChI is InChI=1S/C10H20N2/c1-2-3-5-12-6-4-9-7-11-8-10(9)12/h9-11H,2-8H2,1H3/t9-,10+/m0/s1. The van der Waals surface area contributed by atoms with Crippen molar-refractivity contribution in [3.63, 3.8) is 0 Å². The number of likely N-dealkylation sites (tertiary alicyclic amines) is 1. The van der Waals surface area contributed by atoms with Crippen LogP contribution in [0.5, 0.6) is 0 Å². The number of nitrogens with one attached hydrogen (secondary N) is 1. The number of nitrogens with zero attached hydrogens (tertiary/aromatic N) is 1. The third-order valence-corrected chi connectivity index (χ3v) is 3.36. The summed E-state index contributed by atoms with van der Waals surface area (Å²) in [7, 11) is 0. The van der Waals surface area contributed by atoms with E-state index in [1.807, 2.05) is 0 Å². The Morgan fingerprint density at radius 1 is 1.42 bits per heavy atom. The fourth-order valence-electron chi connectivity index (χ4n) is 2.58. The molecule has 2 atom stereocenters. The Balaban J connectivity index is 1.83. The lowest BCUT2D eigenvalue weighted by molar-refractivity contribution is 0.248. The maximum Gasteiger partial charge on any atom is 0.0261 e. The molecule has 0 amide bonds. The average Bonchev–Trinajstić information content (AvgIpc) is 2.62. The van der Waals surface area contributed by atoms with E-state index in [1.54, 1.807) is 0 Å². The van der Waals surface area contributed by atoms with Gasteiger partial charge in [-0.1, -0.05) is 13.3 Å². The number of hydrogen-bond donors (Lipinski definition) is 1. The van der Waals surface area contributed by atoms with E-state index in [0.717, 1.165) is 12.0 Å². The fraction of sp³-hybridized carbons (Fsp3) is 1.00. The van der Waals surface area contributed by atoms with Crippen LogP contribution in [0.2, 0.25) is 0 Å². The Bertz CT molecular complexity index is 147. The number of fused-ring (bicyclic) bond motifs is 1. The highest BCUT2D eigenvalue weighted by molar-refractivity contribution is 4.94. The Labute approximate surface area is 75.3 Å². The molecule has 0 aliphatic carbocycles. The van der Waals surface area contributed by atoms with E-state index in [4.69, 9.17) is 0 Å². The molecule has 2 rings (SSSR count). The minimum Gasteiger partial charge on any atom is -0.315 e. The largest absolute Gasteiger partial charge is 0.315 e. The second-order valence-electron chi connectivity index (χ2n) is 4.16. The van der Waals surface area contributed by atoms with Gasteiger partial charge in [0.25, 0.3) is 0 Å². The summed E-state index contributed by atoms with van der Waals surface area (Å²) in [4.78, 5) is 2.69. The van der Waals surface area contributed by atoms with Crippen molar-refractivity contribution in [1.29, 1.82) is 0 Å². The SMILES string of the molecule is CCCCN1CC[C@H]2CNC[C@H]21. The van der Waals surface area contributed by atoms with E-state index in [-0.39, 0.29) is 0 Å². The van der Waals surface area contributed by atoms with Gasteiger partial charge in [0.15, 0.2) is 0 Å². The van der Waals surface area contributed by atoms with Gasteiger partial charge in [0.2, 0.25) is 0 Å². The molecule has 70 valence electrons. The smallest absolute Gasteiger partial charge is 0.0261 e. The second-order valence-corrected chi connectivity index (χ2v) is 4.16. The molecule has 1 N–H and O–H groups in total.